The highest BCUT2D eigenvalue weighted by atomic mass is 16.5. The maximum atomic E-state index is 6.53. The number of anilines is 1. The zero-order valence-electron chi connectivity index (χ0n) is 18.3. The van der Waals surface area contributed by atoms with E-state index < -0.39 is 5.41 Å². The van der Waals surface area contributed by atoms with E-state index in [1.54, 1.807) is 0 Å². The molecule has 6 aromatic rings. The number of fused-ring (bicyclic) bond motifs is 11. The highest BCUT2D eigenvalue weighted by molar-refractivity contribution is 6.12. The summed E-state index contributed by atoms with van der Waals surface area (Å²) >= 11 is 0. The van der Waals surface area contributed by atoms with E-state index in [0.29, 0.717) is 5.69 Å². The van der Waals surface area contributed by atoms with Crippen LogP contribution in [-0.2, 0) is 5.41 Å². The van der Waals surface area contributed by atoms with E-state index in [4.69, 9.17) is 10.5 Å². The lowest BCUT2D eigenvalue weighted by Crippen LogP contribution is -2.38. The number of nitrogens with zero attached hydrogens (tertiary/aromatic N) is 1. The maximum Gasteiger partial charge on any atom is 0.155 e. The Morgan fingerprint density at radius 1 is 0.588 bits per heavy atom. The van der Waals surface area contributed by atoms with Crippen LogP contribution in [0.5, 0.6) is 11.5 Å². The molecule has 34 heavy (non-hydrogen) atoms. The molecule has 0 aliphatic carbocycles. The third-order valence-corrected chi connectivity index (χ3v) is 7.60. The zero-order valence-corrected chi connectivity index (χ0v) is 18.3. The summed E-state index contributed by atoms with van der Waals surface area (Å²) in [6.07, 6.45) is 0. The van der Waals surface area contributed by atoms with Gasteiger partial charge in [0.1, 0.15) is 5.75 Å². The molecule has 0 saturated heterocycles. The van der Waals surface area contributed by atoms with Crippen molar-refractivity contribution in [2.45, 2.75) is 5.41 Å². The summed E-state index contributed by atoms with van der Waals surface area (Å²) < 4.78 is 8.90. The molecule has 0 bridgehead atoms. The van der Waals surface area contributed by atoms with Crippen molar-refractivity contribution in [1.82, 2.24) is 4.57 Å². The SMILES string of the molecule is Nc1cccc2c1Oc1ccccc1C21c2ccccc2-n2c3ccccc3c3cccc1c32. The molecule has 1 unspecified atom stereocenters. The summed E-state index contributed by atoms with van der Waals surface area (Å²) in [6, 6.07) is 38.7. The second-order valence-electron chi connectivity index (χ2n) is 9.14. The van der Waals surface area contributed by atoms with Gasteiger partial charge in [-0.25, -0.2) is 0 Å². The Morgan fingerprint density at radius 2 is 1.26 bits per heavy atom. The molecule has 2 aliphatic rings. The highest BCUT2D eigenvalue weighted by Gasteiger charge is 2.50. The molecule has 0 amide bonds. The topological polar surface area (TPSA) is 40.2 Å². The quantitative estimate of drug-likeness (QED) is 0.256. The molecule has 1 aromatic heterocycles. The molecule has 160 valence electrons. The lowest BCUT2D eigenvalue weighted by molar-refractivity contribution is 0.436. The van der Waals surface area contributed by atoms with Crippen LogP contribution >= 0.6 is 0 Å². The Bertz CT molecular complexity index is 1810. The fourth-order valence-electron chi connectivity index (χ4n) is 6.37. The number of aromatic nitrogens is 1. The number of hydrogen-bond donors (Lipinski definition) is 1. The number of nitrogen functional groups attached to an aromatic ring is 1. The van der Waals surface area contributed by atoms with Gasteiger partial charge in [-0.3, -0.25) is 0 Å². The smallest absolute Gasteiger partial charge is 0.155 e. The molecule has 3 heteroatoms. The van der Waals surface area contributed by atoms with Crippen LogP contribution in [0.2, 0.25) is 0 Å². The van der Waals surface area contributed by atoms with Gasteiger partial charge in [-0.1, -0.05) is 84.9 Å². The van der Waals surface area contributed by atoms with E-state index in [9.17, 15) is 0 Å². The van der Waals surface area contributed by atoms with Gasteiger partial charge in [-0.05, 0) is 35.4 Å². The van der Waals surface area contributed by atoms with Crippen LogP contribution in [0, 0.1) is 0 Å². The number of benzene rings is 5. The van der Waals surface area contributed by atoms with Gasteiger partial charge in [0.2, 0.25) is 0 Å². The van der Waals surface area contributed by atoms with Gasteiger partial charge >= 0.3 is 0 Å². The van der Waals surface area contributed by atoms with Crippen molar-refractivity contribution in [3.8, 4) is 17.2 Å². The lowest BCUT2D eigenvalue weighted by atomic mass is 9.61. The maximum absolute atomic E-state index is 6.53. The van der Waals surface area contributed by atoms with Gasteiger partial charge in [-0.2, -0.15) is 0 Å². The molecule has 8 rings (SSSR count). The van der Waals surface area contributed by atoms with E-state index >= 15 is 0 Å². The predicted molar refractivity (Wildman–Crippen MR) is 137 cm³/mol. The summed E-state index contributed by atoms with van der Waals surface area (Å²) in [7, 11) is 0. The van der Waals surface area contributed by atoms with Crippen molar-refractivity contribution in [3.05, 3.63) is 131 Å². The summed E-state index contributed by atoms with van der Waals surface area (Å²) in [4.78, 5) is 0. The Morgan fingerprint density at radius 3 is 2.21 bits per heavy atom. The Balaban J connectivity index is 1.70. The Labute approximate surface area is 196 Å². The van der Waals surface area contributed by atoms with Crippen molar-refractivity contribution in [2.24, 2.45) is 0 Å². The fourth-order valence-corrected chi connectivity index (χ4v) is 6.37. The largest absolute Gasteiger partial charge is 0.455 e. The van der Waals surface area contributed by atoms with Crippen LogP contribution < -0.4 is 10.5 Å². The molecule has 3 heterocycles. The number of para-hydroxylation sites is 5. The fraction of sp³-hybridized carbons (Fsp3) is 0.0323. The van der Waals surface area contributed by atoms with Gasteiger partial charge < -0.3 is 15.0 Å². The normalized spacial score (nSPS) is 17.3. The first-order chi connectivity index (χ1) is 16.8. The molecule has 0 fully saturated rings. The zero-order chi connectivity index (χ0) is 22.4. The van der Waals surface area contributed by atoms with E-state index in [0.717, 1.165) is 22.6 Å². The molecule has 2 aliphatic heterocycles. The molecule has 3 nitrogen and oxygen atoms in total. The van der Waals surface area contributed by atoms with Gasteiger partial charge in [0.15, 0.2) is 5.75 Å². The van der Waals surface area contributed by atoms with Crippen molar-refractivity contribution >= 4 is 27.5 Å². The van der Waals surface area contributed by atoms with Crippen LogP contribution in [0.1, 0.15) is 22.3 Å². The molecular weight excluding hydrogens is 416 g/mol. The molecular formula is C31H20N2O. The third-order valence-electron chi connectivity index (χ3n) is 7.60. The third kappa shape index (κ3) is 1.91. The van der Waals surface area contributed by atoms with Gasteiger partial charge in [0, 0.05) is 21.9 Å². The van der Waals surface area contributed by atoms with Crippen molar-refractivity contribution < 1.29 is 4.74 Å². The average molecular weight is 437 g/mol. The van der Waals surface area contributed by atoms with Gasteiger partial charge in [-0.15, -0.1) is 0 Å². The van der Waals surface area contributed by atoms with Crippen molar-refractivity contribution in [1.29, 1.82) is 0 Å². The summed E-state index contributed by atoms with van der Waals surface area (Å²) in [6.45, 7) is 0. The van der Waals surface area contributed by atoms with E-state index in [1.807, 2.05) is 18.2 Å². The van der Waals surface area contributed by atoms with Gasteiger partial charge in [0.25, 0.3) is 0 Å². The van der Waals surface area contributed by atoms with Crippen LogP contribution in [0.15, 0.2) is 109 Å². The number of hydrogen-bond acceptors (Lipinski definition) is 2. The first-order valence-corrected chi connectivity index (χ1v) is 11.6. The monoisotopic (exact) mass is 436 g/mol. The molecule has 0 radical (unpaired) electrons. The van der Waals surface area contributed by atoms with E-state index in [2.05, 4.69) is 95.6 Å². The Kier molecular flexibility index (Phi) is 3.22. The second kappa shape index (κ2) is 6.09. The summed E-state index contributed by atoms with van der Waals surface area (Å²) in [5.41, 5.74) is 15.0. The molecule has 1 spiro atoms. The molecule has 5 aromatic carbocycles. The average Bonchev–Trinajstić information content (AvgIpc) is 3.23. The van der Waals surface area contributed by atoms with Gasteiger partial charge in [0.05, 0.1) is 27.8 Å². The van der Waals surface area contributed by atoms with Crippen molar-refractivity contribution in [3.63, 3.8) is 0 Å². The minimum Gasteiger partial charge on any atom is -0.455 e. The van der Waals surface area contributed by atoms with E-state index in [1.165, 1.54) is 38.6 Å². The number of nitrogens with two attached hydrogens (primary N) is 1. The van der Waals surface area contributed by atoms with Crippen molar-refractivity contribution in [2.75, 3.05) is 5.73 Å². The van der Waals surface area contributed by atoms with E-state index in [-0.39, 0.29) is 0 Å². The summed E-state index contributed by atoms with van der Waals surface area (Å²) in [5, 5.41) is 2.52. The van der Waals surface area contributed by atoms with Crippen LogP contribution in [0.4, 0.5) is 5.69 Å². The van der Waals surface area contributed by atoms with Crippen LogP contribution in [0.25, 0.3) is 27.5 Å². The van der Waals surface area contributed by atoms with Crippen LogP contribution in [-0.4, -0.2) is 4.57 Å². The summed E-state index contributed by atoms with van der Waals surface area (Å²) in [5.74, 6) is 1.60. The number of ether oxygens (including phenoxy) is 1. The first kappa shape index (κ1) is 18.0. The number of rotatable bonds is 0. The highest BCUT2D eigenvalue weighted by Crippen LogP contribution is 2.60. The first-order valence-electron chi connectivity index (χ1n) is 11.6. The molecule has 0 saturated carbocycles. The molecule has 2 N–H and O–H groups in total. The predicted octanol–water partition coefficient (Wildman–Crippen LogP) is 7.17. The lowest BCUT2D eigenvalue weighted by Gasteiger charge is -2.45. The Hall–Kier alpha value is -4.50. The standard InChI is InChI=1S/C31H20N2O/c32-25-15-8-14-24-30(25)34-28-18-6-3-12-22(28)31(24)21-11-2-5-17-27(21)33-26-16-4-1-9-19(26)20-10-7-13-23(31)29(20)33/h1-18H,32H2. The second-order valence-corrected chi connectivity index (χ2v) is 9.14. The molecule has 1 atom stereocenters. The minimum absolute atomic E-state index is 0.542. The minimum atomic E-state index is -0.542. The van der Waals surface area contributed by atoms with Crippen LogP contribution in [0.3, 0.4) is 0 Å².